The first kappa shape index (κ1) is 17.0. The maximum Gasteiger partial charge on any atom is 0.0622 e. The van der Waals surface area contributed by atoms with E-state index in [1.165, 1.54) is 51.4 Å². The molecule has 0 spiro atoms. The third-order valence-corrected chi connectivity index (χ3v) is 4.24. The molecule has 0 aromatic heterocycles. The molecule has 1 saturated carbocycles. The molecule has 0 aromatic rings. The molecule has 0 bridgehead atoms. The SMILES string of the molecule is CCCNC(COCCCC(C)C)C1CCCCC1. The highest BCUT2D eigenvalue weighted by atomic mass is 16.5. The molecule has 1 N–H and O–H groups in total. The molecule has 2 nitrogen and oxygen atoms in total. The Morgan fingerprint density at radius 2 is 1.89 bits per heavy atom. The molecule has 0 saturated heterocycles. The highest BCUT2D eigenvalue weighted by Gasteiger charge is 2.23. The van der Waals surface area contributed by atoms with Crippen LogP contribution < -0.4 is 5.32 Å². The predicted molar refractivity (Wildman–Crippen MR) is 83.5 cm³/mol. The van der Waals surface area contributed by atoms with Gasteiger partial charge in [-0.1, -0.05) is 40.0 Å². The average Bonchev–Trinajstić information content (AvgIpc) is 2.42. The zero-order chi connectivity index (χ0) is 13.9. The molecule has 1 aliphatic rings. The van der Waals surface area contributed by atoms with Gasteiger partial charge in [-0.3, -0.25) is 0 Å². The quantitative estimate of drug-likeness (QED) is 0.594. The van der Waals surface area contributed by atoms with Gasteiger partial charge in [-0.15, -0.1) is 0 Å². The lowest BCUT2D eigenvalue weighted by Crippen LogP contribution is -2.41. The molecule has 0 amide bonds. The van der Waals surface area contributed by atoms with Gasteiger partial charge in [0.15, 0.2) is 0 Å². The zero-order valence-electron chi connectivity index (χ0n) is 13.4. The lowest BCUT2D eigenvalue weighted by atomic mass is 9.84. The first-order valence-corrected chi connectivity index (χ1v) is 8.55. The topological polar surface area (TPSA) is 21.3 Å². The van der Waals surface area contributed by atoms with E-state index in [1.807, 2.05) is 0 Å². The predicted octanol–water partition coefficient (Wildman–Crippen LogP) is 4.39. The number of hydrogen-bond donors (Lipinski definition) is 1. The van der Waals surface area contributed by atoms with Crippen molar-refractivity contribution in [2.24, 2.45) is 11.8 Å². The Balaban J connectivity index is 2.20. The van der Waals surface area contributed by atoms with Crippen molar-refractivity contribution >= 4 is 0 Å². The Morgan fingerprint density at radius 1 is 1.16 bits per heavy atom. The van der Waals surface area contributed by atoms with Gasteiger partial charge in [-0.05, 0) is 50.5 Å². The highest BCUT2D eigenvalue weighted by Crippen LogP contribution is 2.26. The Kier molecular flexibility index (Phi) is 9.54. The van der Waals surface area contributed by atoms with Crippen LogP contribution in [-0.4, -0.2) is 25.8 Å². The molecule has 19 heavy (non-hydrogen) atoms. The largest absolute Gasteiger partial charge is 0.380 e. The van der Waals surface area contributed by atoms with E-state index in [1.54, 1.807) is 0 Å². The van der Waals surface area contributed by atoms with Crippen LogP contribution in [0.3, 0.4) is 0 Å². The summed E-state index contributed by atoms with van der Waals surface area (Å²) in [7, 11) is 0. The maximum atomic E-state index is 5.93. The minimum Gasteiger partial charge on any atom is -0.380 e. The maximum absolute atomic E-state index is 5.93. The Labute approximate surface area is 120 Å². The van der Waals surface area contributed by atoms with E-state index in [-0.39, 0.29) is 0 Å². The van der Waals surface area contributed by atoms with E-state index < -0.39 is 0 Å². The second kappa shape index (κ2) is 10.7. The van der Waals surface area contributed by atoms with Crippen molar-refractivity contribution in [2.45, 2.75) is 78.2 Å². The van der Waals surface area contributed by atoms with Crippen LogP contribution in [0.4, 0.5) is 0 Å². The first-order chi connectivity index (χ1) is 9.24. The monoisotopic (exact) mass is 269 g/mol. The van der Waals surface area contributed by atoms with Crippen LogP contribution in [0.2, 0.25) is 0 Å². The highest BCUT2D eigenvalue weighted by molar-refractivity contribution is 4.79. The molecule has 1 fully saturated rings. The fourth-order valence-corrected chi connectivity index (χ4v) is 3.03. The van der Waals surface area contributed by atoms with Crippen molar-refractivity contribution in [1.82, 2.24) is 5.32 Å². The van der Waals surface area contributed by atoms with Gasteiger partial charge in [0.1, 0.15) is 0 Å². The van der Waals surface area contributed by atoms with Crippen molar-refractivity contribution < 1.29 is 4.74 Å². The van der Waals surface area contributed by atoms with Crippen molar-refractivity contribution in [3.05, 3.63) is 0 Å². The number of nitrogens with one attached hydrogen (secondary N) is 1. The van der Waals surface area contributed by atoms with Crippen LogP contribution in [0.1, 0.15) is 72.1 Å². The van der Waals surface area contributed by atoms with Gasteiger partial charge < -0.3 is 10.1 Å². The first-order valence-electron chi connectivity index (χ1n) is 8.55. The molecular formula is C17H35NO. The Bertz CT molecular complexity index is 199. The number of rotatable bonds is 10. The summed E-state index contributed by atoms with van der Waals surface area (Å²) in [6, 6.07) is 0.597. The molecule has 0 heterocycles. The summed E-state index contributed by atoms with van der Waals surface area (Å²) < 4.78 is 5.93. The third kappa shape index (κ3) is 7.94. The number of hydrogen-bond acceptors (Lipinski definition) is 2. The van der Waals surface area contributed by atoms with Crippen molar-refractivity contribution in [3.8, 4) is 0 Å². The molecule has 2 heteroatoms. The summed E-state index contributed by atoms with van der Waals surface area (Å²) in [5, 5.41) is 3.71. The second-order valence-electron chi connectivity index (χ2n) is 6.57. The standard InChI is InChI=1S/C17H35NO/c1-4-12-18-17(16-10-6-5-7-11-16)14-19-13-8-9-15(2)3/h15-18H,4-14H2,1-3H3. The summed E-state index contributed by atoms with van der Waals surface area (Å²) in [5.41, 5.74) is 0. The van der Waals surface area contributed by atoms with Crippen molar-refractivity contribution in [1.29, 1.82) is 0 Å². The van der Waals surface area contributed by atoms with Crippen LogP contribution in [0.5, 0.6) is 0 Å². The summed E-state index contributed by atoms with van der Waals surface area (Å²) in [6.07, 6.45) is 10.8. The number of ether oxygens (including phenoxy) is 1. The van der Waals surface area contributed by atoms with Gasteiger partial charge in [-0.25, -0.2) is 0 Å². The van der Waals surface area contributed by atoms with Gasteiger partial charge in [0.2, 0.25) is 0 Å². The van der Waals surface area contributed by atoms with Gasteiger partial charge in [0, 0.05) is 12.6 Å². The van der Waals surface area contributed by atoms with Gasteiger partial charge >= 0.3 is 0 Å². The normalized spacial score (nSPS) is 18.9. The van der Waals surface area contributed by atoms with Gasteiger partial charge in [0.05, 0.1) is 6.61 Å². The molecule has 1 unspecified atom stereocenters. The second-order valence-corrected chi connectivity index (χ2v) is 6.57. The lowest BCUT2D eigenvalue weighted by Gasteiger charge is -2.31. The van der Waals surface area contributed by atoms with Crippen LogP contribution >= 0.6 is 0 Å². The zero-order valence-corrected chi connectivity index (χ0v) is 13.4. The Morgan fingerprint density at radius 3 is 2.53 bits per heavy atom. The molecule has 1 rings (SSSR count). The summed E-state index contributed by atoms with van der Waals surface area (Å²) in [6.45, 7) is 9.81. The van der Waals surface area contributed by atoms with Crippen molar-refractivity contribution in [3.63, 3.8) is 0 Å². The van der Waals surface area contributed by atoms with E-state index in [4.69, 9.17) is 4.74 Å². The molecule has 1 aliphatic carbocycles. The van der Waals surface area contributed by atoms with E-state index in [0.29, 0.717) is 6.04 Å². The lowest BCUT2D eigenvalue weighted by molar-refractivity contribution is 0.0805. The molecule has 0 aliphatic heterocycles. The van der Waals surface area contributed by atoms with Crippen molar-refractivity contribution in [2.75, 3.05) is 19.8 Å². The summed E-state index contributed by atoms with van der Waals surface area (Å²) in [5.74, 6) is 1.65. The van der Waals surface area contributed by atoms with E-state index in [2.05, 4.69) is 26.1 Å². The molecule has 0 aromatic carbocycles. The van der Waals surface area contributed by atoms with E-state index in [9.17, 15) is 0 Å². The van der Waals surface area contributed by atoms with Crippen LogP contribution in [0.15, 0.2) is 0 Å². The van der Waals surface area contributed by atoms with Gasteiger partial charge in [0.25, 0.3) is 0 Å². The third-order valence-electron chi connectivity index (χ3n) is 4.24. The molecule has 1 atom stereocenters. The summed E-state index contributed by atoms with van der Waals surface area (Å²) >= 11 is 0. The summed E-state index contributed by atoms with van der Waals surface area (Å²) in [4.78, 5) is 0. The average molecular weight is 269 g/mol. The van der Waals surface area contributed by atoms with E-state index >= 15 is 0 Å². The fraction of sp³-hybridized carbons (Fsp3) is 1.00. The van der Waals surface area contributed by atoms with Crippen LogP contribution in [0.25, 0.3) is 0 Å². The Hall–Kier alpha value is -0.0800. The van der Waals surface area contributed by atoms with Crippen LogP contribution in [-0.2, 0) is 4.74 Å². The minimum absolute atomic E-state index is 0.597. The van der Waals surface area contributed by atoms with E-state index in [0.717, 1.165) is 31.6 Å². The minimum atomic E-state index is 0.597. The smallest absolute Gasteiger partial charge is 0.0622 e. The molecule has 0 radical (unpaired) electrons. The van der Waals surface area contributed by atoms with Gasteiger partial charge in [-0.2, -0.15) is 0 Å². The fourth-order valence-electron chi connectivity index (χ4n) is 3.03. The molecule has 114 valence electrons. The van der Waals surface area contributed by atoms with Crippen LogP contribution in [0, 0.1) is 11.8 Å². The molecular weight excluding hydrogens is 234 g/mol.